The van der Waals surface area contributed by atoms with Crippen molar-refractivity contribution in [2.75, 3.05) is 46.6 Å². The number of hydrogen-bond donors (Lipinski definition) is 1. The summed E-state index contributed by atoms with van der Waals surface area (Å²) in [6.45, 7) is 3.07. The monoisotopic (exact) mass is 335 g/mol. The fourth-order valence-electron chi connectivity index (χ4n) is 2.62. The van der Waals surface area contributed by atoms with E-state index in [1.165, 1.54) is 0 Å². The van der Waals surface area contributed by atoms with Gasteiger partial charge in [0, 0.05) is 39.1 Å². The standard InChI is InChI=1S/C17H25N3O4/c1-23-9-10-24-13-16(21)20-7-4-14(5-8-20)11-19-17(22)15-3-2-6-18-12-15/h2-3,6,12,14H,4-5,7-11,13H2,1H3,(H,19,22). The first-order chi connectivity index (χ1) is 11.7. The van der Waals surface area contributed by atoms with E-state index >= 15 is 0 Å². The van der Waals surface area contributed by atoms with E-state index in [4.69, 9.17) is 9.47 Å². The summed E-state index contributed by atoms with van der Waals surface area (Å²) in [6.07, 6.45) is 4.97. The molecule has 1 N–H and O–H groups in total. The highest BCUT2D eigenvalue weighted by atomic mass is 16.5. The van der Waals surface area contributed by atoms with Crippen LogP contribution in [0, 0.1) is 5.92 Å². The van der Waals surface area contributed by atoms with Gasteiger partial charge in [-0.05, 0) is 30.9 Å². The van der Waals surface area contributed by atoms with Crippen molar-refractivity contribution in [1.82, 2.24) is 15.2 Å². The van der Waals surface area contributed by atoms with Gasteiger partial charge in [0.25, 0.3) is 5.91 Å². The van der Waals surface area contributed by atoms with Crippen LogP contribution in [0.15, 0.2) is 24.5 Å². The van der Waals surface area contributed by atoms with E-state index in [2.05, 4.69) is 10.3 Å². The fourth-order valence-corrected chi connectivity index (χ4v) is 2.62. The Bertz CT molecular complexity index is 516. The van der Waals surface area contributed by atoms with E-state index in [0.29, 0.717) is 44.3 Å². The van der Waals surface area contributed by atoms with Crippen LogP contribution < -0.4 is 5.32 Å². The number of carbonyl (C=O) groups excluding carboxylic acids is 2. The molecule has 0 saturated carbocycles. The molecule has 0 aliphatic carbocycles. The van der Waals surface area contributed by atoms with Crippen molar-refractivity contribution in [3.63, 3.8) is 0 Å². The molecule has 24 heavy (non-hydrogen) atoms. The molecule has 2 heterocycles. The molecular formula is C17H25N3O4. The first-order valence-electron chi connectivity index (χ1n) is 8.23. The van der Waals surface area contributed by atoms with Gasteiger partial charge < -0.3 is 19.7 Å². The SMILES string of the molecule is COCCOCC(=O)N1CCC(CNC(=O)c2cccnc2)CC1. The maximum atomic E-state index is 12.0. The number of likely N-dealkylation sites (tertiary alicyclic amines) is 1. The minimum Gasteiger partial charge on any atom is -0.382 e. The van der Waals surface area contributed by atoms with Crippen LogP contribution in [0.5, 0.6) is 0 Å². The van der Waals surface area contributed by atoms with Gasteiger partial charge in [-0.1, -0.05) is 0 Å². The molecule has 0 radical (unpaired) electrons. The molecule has 1 saturated heterocycles. The third-order valence-electron chi connectivity index (χ3n) is 4.10. The van der Waals surface area contributed by atoms with E-state index in [1.54, 1.807) is 31.6 Å². The highest BCUT2D eigenvalue weighted by molar-refractivity contribution is 5.93. The molecule has 1 aromatic rings. The zero-order chi connectivity index (χ0) is 17.2. The molecule has 7 nitrogen and oxygen atoms in total. The molecule has 2 amide bonds. The number of rotatable bonds is 8. The number of ether oxygens (including phenoxy) is 2. The van der Waals surface area contributed by atoms with Crippen LogP contribution in [0.2, 0.25) is 0 Å². The van der Waals surface area contributed by atoms with Gasteiger partial charge in [-0.25, -0.2) is 0 Å². The Labute approximate surface area is 142 Å². The number of methoxy groups -OCH3 is 1. The molecular weight excluding hydrogens is 310 g/mol. The van der Waals surface area contributed by atoms with Gasteiger partial charge in [0.15, 0.2) is 0 Å². The molecule has 0 bridgehead atoms. The van der Waals surface area contributed by atoms with Gasteiger partial charge >= 0.3 is 0 Å². The molecule has 1 fully saturated rings. The third kappa shape index (κ3) is 5.90. The van der Waals surface area contributed by atoms with Crippen LogP contribution in [0.3, 0.4) is 0 Å². The van der Waals surface area contributed by atoms with Gasteiger partial charge in [0.1, 0.15) is 6.61 Å². The van der Waals surface area contributed by atoms with Gasteiger partial charge in [-0.2, -0.15) is 0 Å². The Hall–Kier alpha value is -1.99. The molecule has 1 aliphatic rings. The second-order valence-corrected chi connectivity index (χ2v) is 5.82. The number of aromatic nitrogens is 1. The highest BCUT2D eigenvalue weighted by Crippen LogP contribution is 2.16. The van der Waals surface area contributed by atoms with Gasteiger partial charge in [0.05, 0.1) is 18.8 Å². The van der Waals surface area contributed by atoms with E-state index in [9.17, 15) is 9.59 Å². The minimum absolute atomic E-state index is 0.0175. The summed E-state index contributed by atoms with van der Waals surface area (Å²) in [6, 6.07) is 3.49. The first-order valence-corrected chi connectivity index (χ1v) is 8.23. The summed E-state index contributed by atoms with van der Waals surface area (Å²) in [4.78, 5) is 29.8. The predicted molar refractivity (Wildman–Crippen MR) is 88.6 cm³/mol. The fraction of sp³-hybridized carbons (Fsp3) is 0.588. The van der Waals surface area contributed by atoms with Crippen molar-refractivity contribution in [2.45, 2.75) is 12.8 Å². The second kappa shape index (κ2) is 10.00. The van der Waals surface area contributed by atoms with E-state index in [0.717, 1.165) is 12.8 Å². The molecule has 0 unspecified atom stereocenters. The van der Waals surface area contributed by atoms with Crippen molar-refractivity contribution in [3.05, 3.63) is 30.1 Å². The Kier molecular flexibility index (Phi) is 7.64. The number of nitrogens with zero attached hydrogens (tertiary/aromatic N) is 2. The summed E-state index contributed by atoms with van der Waals surface area (Å²) in [7, 11) is 1.60. The van der Waals surface area contributed by atoms with Crippen molar-refractivity contribution < 1.29 is 19.1 Å². The zero-order valence-corrected chi connectivity index (χ0v) is 14.1. The lowest BCUT2D eigenvalue weighted by Crippen LogP contribution is -2.43. The van der Waals surface area contributed by atoms with Gasteiger partial charge in [-0.15, -0.1) is 0 Å². The van der Waals surface area contributed by atoms with Gasteiger partial charge in [0.2, 0.25) is 5.91 Å². The minimum atomic E-state index is -0.104. The van der Waals surface area contributed by atoms with E-state index in [-0.39, 0.29) is 18.4 Å². The zero-order valence-electron chi connectivity index (χ0n) is 14.1. The van der Waals surface area contributed by atoms with Crippen LogP contribution in [-0.4, -0.2) is 68.3 Å². The predicted octanol–water partition coefficient (Wildman–Crippen LogP) is 0.713. The summed E-state index contributed by atoms with van der Waals surface area (Å²) < 4.78 is 10.1. The Morgan fingerprint density at radius 1 is 1.33 bits per heavy atom. The van der Waals surface area contributed by atoms with Crippen molar-refractivity contribution in [3.8, 4) is 0 Å². The Morgan fingerprint density at radius 3 is 2.79 bits per heavy atom. The maximum Gasteiger partial charge on any atom is 0.252 e. The number of amides is 2. The smallest absolute Gasteiger partial charge is 0.252 e. The van der Waals surface area contributed by atoms with Crippen LogP contribution in [-0.2, 0) is 14.3 Å². The van der Waals surface area contributed by atoms with Crippen molar-refractivity contribution in [1.29, 1.82) is 0 Å². The Morgan fingerprint density at radius 2 is 2.12 bits per heavy atom. The summed E-state index contributed by atoms with van der Waals surface area (Å²) >= 11 is 0. The number of pyridine rings is 1. The molecule has 7 heteroatoms. The third-order valence-corrected chi connectivity index (χ3v) is 4.10. The van der Waals surface area contributed by atoms with Crippen molar-refractivity contribution >= 4 is 11.8 Å². The average Bonchev–Trinajstić information content (AvgIpc) is 2.64. The quantitative estimate of drug-likeness (QED) is 0.708. The molecule has 0 spiro atoms. The van der Waals surface area contributed by atoms with Crippen LogP contribution in [0.4, 0.5) is 0 Å². The molecule has 2 rings (SSSR count). The number of hydrogen-bond acceptors (Lipinski definition) is 5. The first kappa shape index (κ1) is 18.4. The number of piperidine rings is 1. The molecule has 0 atom stereocenters. The van der Waals surface area contributed by atoms with Crippen LogP contribution in [0.1, 0.15) is 23.2 Å². The number of nitrogens with one attached hydrogen (secondary N) is 1. The van der Waals surface area contributed by atoms with E-state index < -0.39 is 0 Å². The maximum absolute atomic E-state index is 12.0. The molecule has 0 aromatic carbocycles. The average molecular weight is 335 g/mol. The lowest BCUT2D eigenvalue weighted by atomic mass is 9.96. The van der Waals surface area contributed by atoms with Crippen LogP contribution >= 0.6 is 0 Å². The second-order valence-electron chi connectivity index (χ2n) is 5.82. The van der Waals surface area contributed by atoms with E-state index in [1.807, 2.05) is 4.90 Å². The molecule has 1 aliphatic heterocycles. The highest BCUT2D eigenvalue weighted by Gasteiger charge is 2.23. The number of carbonyl (C=O) groups is 2. The summed E-state index contributed by atoms with van der Waals surface area (Å²) in [5.41, 5.74) is 0.568. The van der Waals surface area contributed by atoms with Gasteiger partial charge in [-0.3, -0.25) is 14.6 Å². The molecule has 1 aromatic heterocycles. The summed E-state index contributed by atoms with van der Waals surface area (Å²) in [5.74, 6) is 0.307. The lowest BCUT2D eigenvalue weighted by molar-refractivity contribution is -0.137. The van der Waals surface area contributed by atoms with Crippen molar-refractivity contribution in [2.24, 2.45) is 5.92 Å². The largest absolute Gasteiger partial charge is 0.382 e. The topological polar surface area (TPSA) is 80.8 Å². The van der Waals surface area contributed by atoms with Crippen LogP contribution in [0.25, 0.3) is 0 Å². The summed E-state index contributed by atoms with van der Waals surface area (Å²) in [5, 5.41) is 2.94. The lowest BCUT2D eigenvalue weighted by Gasteiger charge is -2.32. The molecule has 132 valence electrons. The Balaban J connectivity index is 1.64. The normalized spacial score (nSPS) is 15.3.